The fourth-order valence-electron chi connectivity index (χ4n) is 3.99. The Balaban J connectivity index is 1.56. The standard InChI is InChI=1S/C20H28BrN3O/c1-20(13-11-15-5-3-2-4-6-15)18(25)24(19(22)23-20)14-12-16-7-9-17(21)10-8-16/h7-10,15H,2-6,11-14H2,1H3,(H2,22,23). The van der Waals surface area contributed by atoms with Crippen LogP contribution in [0.3, 0.4) is 0 Å². The van der Waals surface area contributed by atoms with Gasteiger partial charge in [0.15, 0.2) is 5.96 Å². The van der Waals surface area contributed by atoms with Gasteiger partial charge in [0.2, 0.25) is 0 Å². The van der Waals surface area contributed by atoms with Crippen LogP contribution in [0, 0.1) is 5.92 Å². The summed E-state index contributed by atoms with van der Waals surface area (Å²) in [5.74, 6) is 1.21. The first-order valence-corrected chi connectivity index (χ1v) is 10.2. The highest BCUT2D eigenvalue weighted by atomic mass is 79.9. The summed E-state index contributed by atoms with van der Waals surface area (Å²) < 4.78 is 1.06. The summed E-state index contributed by atoms with van der Waals surface area (Å²) in [5.41, 5.74) is 6.62. The van der Waals surface area contributed by atoms with Crippen molar-refractivity contribution >= 4 is 27.8 Å². The molecule has 0 spiro atoms. The Morgan fingerprint density at radius 2 is 1.92 bits per heavy atom. The average Bonchev–Trinajstić information content (AvgIpc) is 2.83. The SMILES string of the molecule is CC1(CCC2CCCCC2)N=C(N)N(CCc2ccc(Br)cc2)C1=O. The Hall–Kier alpha value is -1.36. The number of amides is 1. The summed E-state index contributed by atoms with van der Waals surface area (Å²) >= 11 is 3.44. The second-order valence-corrected chi connectivity index (χ2v) is 8.54. The maximum atomic E-state index is 12.9. The summed E-state index contributed by atoms with van der Waals surface area (Å²) in [6.07, 6.45) is 9.31. The van der Waals surface area contributed by atoms with Gasteiger partial charge in [0.1, 0.15) is 5.54 Å². The van der Waals surface area contributed by atoms with Gasteiger partial charge in [-0.15, -0.1) is 0 Å². The lowest BCUT2D eigenvalue weighted by atomic mass is 9.82. The minimum atomic E-state index is -0.665. The molecule has 4 nitrogen and oxygen atoms in total. The third-order valence-electron chi connectivity index (χ3n) is 5.65. The molecule has 1 saturated carbocycles. The van der Waals surface area contributed by atoms with Crippen LogP contribution < -0.4 is 5.73 Å². The quantitative estimate of drug-likeness (QED) is 0.767. The van der Waals surface area contributed by atoms with Gasteiger partial charge in [0.25, 0.3) is 5.91 Å². The summed E-state index contributed by atoms with van der Waals surface area (Å²) in [4.78, 5) is 19.1. The van der Waals surface area contributed by atoms with E-state index < -0.39 is 5.54 Å². The monoisotopic (exact) mass is 405 g/mol. The van der Waals surface area contributed by atoms with Crippen molar-refractivity contribution in [2.75, 3.05) is 6.54 Å². The van der Waals surface area contributed by atoms with Gasteiger partial charge >= 0.3 is 0 Å². The van der Waals surface area contributed by atoms with E-state index in [4.69, 9.17) is 5.73 Å². The van der Waals surface area contributed by atoms with E-state index in [-0.39, 0.29) is 5.91 Å². The molecule has 1 aliphatic heterocycles. The molecule has 1 heterocycles. The summed E-state index contributed by atoms with van der Waals surface area (Å²) in [6.45, 7) is 2.54. The Morgan fingerprint density at radius 1 is 1.24 bits per heavy atom. The highest BCUT2D eigenvalue weighted by molar-refractivity contribution is 9.10. The van der Waals surface area contributed by atoms with Gasteiger partial charge < -0.3 is 5.73 Å². The maximum absolute atomic E-state index is 12.9. The van der Waals surface area contributed by atoms with Gasteiger partial charge in [-0.05, 0) is 49.8 Å². The number of benzene rings is 1. The third-order valence-corrected chi connectivity index (χ3v) is 6.17. The summed E-state index contributed by atoms with van der Waals surface area (Å²) in [6, 6.07) is 8.18. The number of carbonyl (C=O) groups excluding carboxylic acids is 1. The van der Waals surface area contributed by atoms with Gasteiger partial charge in [-0.2, -0.15) is 0 Å². The van der Waals surface area contributed by atoms with Crippen LogP contribution in [0.15, 0.2) is 33.7 Å². The Labute approximate surface area is 159 Å². The second kappa shape index (κ2) is 7.90. The largest absolute Gasteiger partial charge is 0.369 e. The zero-order valence-corrected chi connectivity index (χ0v) is 16.6. The van der Waals surface area contributed by atoms with Crippen LogP contribution >= 0.6 is 15.9 Å². The van der Waals surface area contributed by atoms with Crippen molar-refractivity contribution in [3.05, 3.63) is 34.3 Å². The zero-order valence-electron chi connectivity index (χ0n) is 15.0. The van der Waals surface area contributed by atoms with Crippen LogP contribution in [0.25, 0.3) is 0 Å². The average molecular weight is 406 g/mol. The number of nitrogens with two attached hydrogens (primary N) is 1. The van der Waals surface area contributed by atoms with Crippen LogP contribution in [0.5, 0.6) is 0 Å². The highest BCUT2D eigenvalue weighted by Gasteiger charge is 2.43. The lowest BCUT2D eigenvalue weighted by Gasteiger charge is -2.26. The molecule has 3 rings (SSSR count). The third kappa shape index (κ3) is 4.43. The molecule has 0 saturated heterocycles. The van der Waals surface area contributed by atoms with Crippen LogP contribution in [-0.2, 0) is 11.2 Å². The predicted octanol–water partition coefficient (Wildman–Crippen LogP) is 4.27. The Kier molecular flexibility index (Phi) is 5.82. The zero-order chi connectivity index (χ0) is 17.9. The molecule has 0 bridgehead atoms. The van der Waals surface area contributed by atoms with E-state index in [1.54, 1.807) is 4.90 Å². The van der Waals surface area contributed by atoms with Gasteiger partial charge in [-0.1, -0.05) is 60.2 Å². The smallest absolute Gasteiger partial charge is 0.257 e. The molecule has 1 aromatic rings. The fraction of sp³-hybridized carbons (Fsp3) is 0.600. The van der Waals surface area contributed by atoms with Crippen molar-refractivity contribution < 1.29 is 4.79 Å². The van der Waals surface area contributed by atoms with Gasteiger partial charge in [0, 0.05) is 11.0 Å². The molecule has 2 N–H and O–H groups in total. The molecule has 0 radical (unpaired) electrons. The second-order valence-electron chi connectivity index (χ2n) is 7.62. The van der Waals surface area contributed by atoms with Gasteiger partial charge in [0.05, 0.1) is 0 Å². The number of carbonyl (C=O) groups is 1. The minimum Gasteiger partial charge on any atom is -0.369 e. The van der Waals surface area contributed by atoms with Crippen molar-refractivity contribution in [2.24, 2.45) is 16.6 Å². The van der Waals surface area contributed by atoms with Gasteiger partial charge in [-0.3, -0.25) is 9.69 Å². The number of hydrogen-bond acceptors (Lipinski definition) is 3. The van der Waals surface area contributed by atoms with E-state index in [2.05, 4.69) is 33.1 Å². The van der Waals surface area contributed by atoms with E-state index in [1.165, 1.54) is 37.7 Å². The number of hydrogen-bond donors (Lipinski definition) is 1. The maximum Gasteiger partial charge on any atom is 0.257 e. The molecular formula is C20H28BrN3O. The Morgan fingerprint density at radius 3 is 2.60 bits per heavy atom. The molecule has 0 aromatic heterocycles. The van der Waals surface area contributed by atoms with Crippen molar-refractivity contribution in [1.29, 1.82) is 0 Å². The number of nitrogens with zero attached hydrogens (tertiary/aromatic N) is 2. The molecule has 1 amide bonds. The molecule has 1 aromatic carbocycles. The molecule has 1 unspecified atom stereocenters. The molecular weight excluding hydrogens is 378 g/mol. The number of rotatable bonds is 6. The highest BCUT2D eigenvalue weighted by Crippen LogP contribution is 2.33. The Bertz CT molecular complexity index is 637. The van der Waals surface area contributed by atoms with E-state index in [0.717, 1.165) is 29.7 Å². The molecule has 5 heteroatoms. The van der Waals surface area contributed by atoms with Crippen molar-refractivity contribution in [3.63, 3.8) is 0 Å². The van der Waals surface area contributed by atoms with Gasteiger partial charge in [-0.25, -0.2) is 4.99 Å². The van der Waals surface area contributed by atoms with E-state index in [9.17, 15) is 4.79 Å². The number of aliphatic imine (C=N–C) groups is 1. The van der Waals surface area contributed by atoms with E-state index in [1.807, 2.05) is 19.1 Å². The normalized spacial score (nSPS) is 24.6. The molecule has 1 atom stereocenters. The molecule has 2 aliphatic rings. The first kappa shape index (κ1) is 18.4. The topological polar surface area (TPSA) is 58.7 Å². The lowest BCUT2D eigenvalue weighted by molar-refractivity contribution is -0.131. The number of guanidine groups is 1. The first-order chi connectivity index (χ1) is 12.0. The van der Waals surface area contributed by atoms with E-state index >= 15 is 0 Å². The van der Waals surface area contributed by atoms with Crippen LogP contribution in [-0.4, -0.2) is 28.9 Å². The molecule has 25 heavy (non-hydrogen) atoms. The minimum absolute atomic E-state index is 0.0675. The van der Waals surface area contributed by atoms with Crippen molar-refractivity contribution in [3.8, 4) is 0 Å². The predicted molar refractivity (Wildman–Crippen MR) is 105 cm³/mol. The molecule has 1 fully saturated rings. The molecule has 1 aliphatic carbocycles. The lowest BCUT2D eigenvalue weighted by Crippen LogP contribution is -2.44. The van der Waals surface area contributed by atoms with Crippen molar-refractivity contribution in [1.82, 2.24) is 4.90 Å². The fourth-order valence-corrected chi connectivity index (χ4v) is 4.25. The summed E-state index contributed by atoms with van der Waals surface area (Å²) in [5, 5.41) is 0. The van der Waals surface area contributed by atoms with Crippen LogP contribution in [0.1, 0.15) is 57.4 Å². The number of halogens is 1. The summed E-state index contributed by atoms with van der Waals surface area (Å²) in [7, 11) is 0. The first-order valence-electron chi connectivity index (χ1n) is 9.40. The van der Waals surface area contributed by atoms with Crippen molar-refractivity contribution in [2.45, 2.75) is 63.8 Å². The van der Waals surface area contributed by atoms with Crippen LogP contribution in [0.4, 0.5) is 0 Å². The molecule has 136 valence electrons. The van der Waals surface area contributed by atoms with Crippen LogP contribution in [0.2, 0.25) is 0 Å². The van der Waals surface area contributed by atoms with E-state index in [0.29, 0.717) is 12.5 Å².